The molecule has 3 aromatic carbocycles. The van der Waals surface area contributed by atoms with Gasteiger partial charge in [0.25, 0.3) is 5.91 Å². The monoisotopic (exact) mass is 671 g/mol. The van der Waals surface area contributed by atoms with Crippen molar-refractivity contribution >= 4 is 68.6 Å². The lowest BCUT2D eigenvalue weighted by atomic mass is 9.84. The number of carbonyl (C=O) groups is 1. The van der Waals surface area contributed by atoms with E-state index in [1.165, 1.54) is 49.4 Å². The summed E-state index contributed by atoms with van der Waals surface area (Å²) in [5.41, 5.74) is 3.02. The van der Waals surface area contributed by atoms with Gasteiger partial charge in [0, 0.05) is 0 Å². The van der Waals surface area contributed by atoms with E-state index in [1.807, 2.05) is 48.5 Å². The zero-order valence-electron chi connectivity index (χ0n) is 21.7. The maximum atomic E-state index is 13.1. The van der Waals surface area contributed by atoms with Crippen LogP contribution in [0.3, 0.4) is 0 Å². The number of thiocarbonyl (C=S) groups is 1. The van der Waals surface area contributed by atoms with Gasteiger partial charge in [0.15, 0.2) is 15.8 Å². The molecule has 0 N–H and O–H groups in total. The molecule has 202 valence electrons. The number of carbonyl (C=O) groups excluding carboxylic acids is 1. The molecule has 0 unspecified atom stereocenters. The zero-order chi connectivity index (χ0) is 27.2. The van der Waals surface area contributed by atoms with Gasteiger partial charge >= 0.3 is 0 Å². The molecule has 5 nitrogen and oxygen atoms in total. The molecule has 1 heterocycles. The van der Waals surface area contributed by atoms with Crippen molar-refractivity contribution in [3.63, 3.8) is 0 Å². The Morgan fingerprint density at radius 2 is 1.72 bits per heavy atom. The van der Waals surface area contributed by atoms with Crippen molar-refractivity contribution in [3.8, 4) is 17.2 Å². The normalized spacial score (nSPS) is 17.1. The lowest BCUT2D eigenvalue weighted by Crippen LogP contribution is -2.27. The number of para-hydroxylation sites is 1. The van der Waals surface area contributed by atoms with Crippen LogP contribution in [0.1, 0.15) is 49.1 Å². The first-order valence-corrected chi connectivity index (χ1v) is 15.4. The summed E-state index contributed by atoms with van der Waals surface area (Å²) in [6.45, 7) is 0.803. The molecule has 8 heteroatoms. The Balaban J connectivity index is 1.20. The number of anilines is 1. The fourth-order valence-corrected chi connectivity index (χ4v) is 7.04. The zero-order valence-corrected chi connectivity index (χ0v) is 25.5. The molecule has 1 aliphatic heterocycles. The SMILES string of the molecule is COc1cc(/C=C2\SC(=S)N(c3ccccc3)C2=O)cc(I)c1OCCOc1ccc(C2CCCCC2)cc1. The third-order valence-electron chi connectivity index (χ3n) is 6.91. The Bertz CT molecular complexity index is 1360. The van der Waals surface area contributed by atoms with Crippen molar-refractivity contribution in [1.82, 2.24) is 0 Å². The van der Waals surface area contributed by atoms with Gasteiger partial charge in [-0.2, -0.15) is 0 Å². The highest BCUT2D eigenvalue weighted by Crippen LogP contribution is 2.39. The van der Waals surface area contributed by atoms with E-state index in [0.29, 0.717) is 39.9 Å². The molecule has 0 radical (unpaired) electrons. The summed E-state index contributed by atoms with van der Waals surface area (Å²) in [7, 11) is 1.61. The van der Waals surface area contributed by atoms with E-state index in [2.05, 4.69) is 46.9 Å². The van der Waals surface area contributed by atoms with E-state index in [9.17, 15) is 4.79 Å². The minimum Gasteiger partial charge on any atom is -0.493 e. The van der Waals surface area contributed by atoms with Crippen molar-refractivity contribution < 1.29 is 19.0 Å². The van der Waals surface area contributed by atoms with E-state index in [-0.39, 0.29) is 5.91 Å². The van der Waals surface area contributed by atoms with Crippen LogP contribution in [0.4, 0.5) is 5.69 Å². The predicted octanol–water partition coefficient (Wildman–Crippen LogP) is 8.21. The van der Waals surface area contributed by atoms with Crippen molar-refractivity contribution in [3.05, 3.63) is 86.3 Å². The van der Waals surface area contributed by atoms with Gasteiger partial charge in [-0.1, -0.05) is 73.6 Å². The first kappa shape index (κ1) is 28.0. The molecule has 0 aromatic heterocycles. The number of benzene rings is 3. The van der Waals surface area contributed by atoms with Gasteiger partial charge in [-0.25, -0.2) is 0 Å². The predicted molar refractivity (Wildman–Crippen MR) is 171 cm³/mol. The van der Waals surface area contributed by atoms with Crippen LogP contribution in [-0.2, 0) is 4.79 Å². The number of hydrogen-bond acceptors (Lipinski definition) is 6. The Morgan fingerprint density at radius 3 is 2.44 bits per heavy atom. The highest BCUT2D eigenvalue weighted by molar-refractivity contribution is 14.1. The highest BCUT2D eigenvalue weighted by atomic mass is 127. The maximum Gasteiger partial charge on any atom is 0.270 e. The Labute approximate surface area is 253 Å². The third-order valence-corrected chi connectivity index (χ3v) is 9.02. The van der Waals surface area contributed by atoms with Crippen LogP contribution in [0, 0.1) is 3.57 Å². The summed E-state index contributed by atoms with van der Waals surface area (Å²) in [6, 6.07) is 21.8. The van der Waals surface area contributed by atoms with Crippen molar-refractivity contribution in [2.45, 2.75) is 38.0 Å². The van der Waals surface area contributed by atoms with Crippen molar-refractivity contribution in [1.29, 1.82) is 0 Å². The van der Waals surface area contributed by atoms with Gasteiger partial charge in [-0.3, -0.25) is 9.69 Å². The molecule has 0 bridgehead atoms. The smallest absolute Gasteiger partial charge is 0.270 e. The van der Waals surface area contributed by atoms with Gasteiger partial charge in [-0.05, 0) is 95.0 Å². The number of halogens is 1. The van der Waals surface area contributed by atoms with Crippen LogP contribution < -0.4 is 19.1 Å². The lowest BCUT2D eigenvalue weighted by Gasteiger charge is -2.22. The van der Waals surface area contributed by atoms with Crippen molar-refractivity contribution in [2.24, 2.45) is 0 Å². The molecule has 3 aromatic rings. The molecular formula is C31H30INO4S2. The third kappa shape index (κ3) is 6.78. The number of methoxy groups -OCH3 is 1. The number of hydrogen-bond donors (Lipinski definition) is 0. The van der Waals surface area contributed by atoms with E-state index in [1.54, 1.807) is 12.0 Å². The quantitative estimate of drug-likeness (QED) is 0.0990. The summed E-state index contributed by atoms with van der Waals surface area (Å²) < 4.78 is 19.0. The van der Waals surface area contributed by atoms with Gasteiger partial charge in [0.05, 0.1) is 21.3 Å². The highest BCUT2D eigenvalue weighted by Gasteiger charge is 2.33. The molecule has 2 aliphatic rings. The number of nitrogens with zero attached hydrogens (tertiary/aromatic N) is 1. The van der Waals surface area contributed by atoms with E-state index < -0.39 is 0 Å². The summed E-state index contributed by atoms with van der Waals surface area (Å²) in [5.74, 6) is 2.67. The Kier molecular flexibility index (Phi) is 9.47. The molecule has 0 atom stereocenters. The largest absolute Gasteiger partial charge is 0.493 e. The molecule has 2 fully saturated rings. The second-order valence-electron chi connectivity index (χ2n) is 9.49. The number of thioether (sulfide) groups is 1. The Hall–Kier alpha value is -2.56. The van der Waals surface area contributed by atoms with Crippen LogP contribution >= 0.6 is 46.6 Å². The van der Waals surface area contributed by atoms with Crippen LogP contribution in [0.2, 0.25) is 0 Å². The molecule has 1 amide bonds. The van der Waals surface area contributed by atoms with E-state index >= 15 is 0 Å². The Morgan fingerprint density at radius 1 is 1.00 bits per heavy atom. The molecule has 1 saturated heterocycles. The maximum absolute atomic E-state index is 13.1. The van der Waals surface area contributed by atoms with Gasteiger partial charge < -0.3 is 14.2 Å². The molecule has 1 saturated carbocycles. The second kappa shape index (κ2) is 13.2. The number of ether oxygens (including phenoxy) is 3. The van der Waals surface area contributed by atoms with Crippen LogP contribution in [0.15, 0.2) is 71.6 Å². The first-order valence-electron chi connectivity index (χ1n) is 13.1. The lowest BCUT2D eigenvalue weighted by molar-refractivity contribution is -0.113. The van der Waals surface area contributed by atoms with E-state index in [0.717, 1.165) is 20.6 Å². The number of rotatable bonds is 9. The summed E-state index contributed by atoms with van der Waals surface area (Å²) in [4.78, 5) is 15.2. The van der Waals surface area contributed by atoms with Gasteiger partial charge in [0.1, 0.15) is 19.0 Å². The molecular weight excluding hydrogens is 641 g/mol. The molecule has 5 rings (SSSR count). The molecule has 1 aliphatic carbocycles. The topological polar surface area (TPSA) is 48.0 Å². The summed E-state index contributed by atoms with van der Waals surface area (Å²) in [6.07, 6.45) is 8.45. The minimum atomic E-state index is -0.130. The van der Waals surface area contributed by atoms with Crippen LogP contribution in [0.25, 0.3) is 6.08 Å². The standard InChI is InChI=1S/C31H30INO4S2/c1-35-27-19-21(20-28-30(34)33(31(38)39-28)24-10-6-3-7-11-24)18-26(32)29(27)37-17-16-36-25-14-12-23(13-15-25)22-8-4-2-5-9-22/h3,6-7,10-15,18-20,22H,2,4-5,8-9,16-17H2,1H3/b28-20-. The van der Waals surface area contributed by atoms with Crippen LogP contribution in [0.5, 0.6) is 17.2 Å². The summed E-state index contributed by atoms with van der Waals surface area (Å²) >= 11 is 9.01. The average Bonchev–Trinajstić information content (AvgIpc) is 3.24. The van der Waals surface area contributed by atoms with E-state index in [4.69, 9.17) is 26.4 Å². The second-order valence-corrected chi connectivity index (χ2v) is 12.3. The van der Waals surface area contributed by atoms with Crippen molar-refractivity contribution in [2.75, 3.05) is 25.2 Å². The number of amides is 1. The molecule has 0 spiro atoms. The fraction of sp³-hybridized carbons (Fsp3) is 0.290. The average molecular weight is 672 g/mol. The fourth-order valence-electron chi connectivity index (χ4n) is 4.96. The summed E-state index contributed by atoms with van der Waals surface area (Å²) in [5, 5.41) is 0. The van der Waals surface area contributed by atoms with Crippen LogP contribution in [-0.4, -0.2) is 30.6 Å². The van der Waals surface area contributed by atoms with Gasteiger partial charge in [0.2, 0.25) is 0 Å². The minimum absolute atomic E-state index is 0.130. The molecule has 39 heavy (non-hydrogen) atoms. The van der Waals surface area contributed by atoms with Gasteiger partial charge in [-0.15, -0.1) is 0 Å². The first-order chi connectivity index (χ1) is 19.0.